The van der Waals surface area contributed by atoms with E-state index in [9.17, 15) is 19.8 Å². The predicted octanol–water partition coefficient (Wildman–Crippen LogP) is 2.47. The van der Waals surface area contributed by atoms with Crippen LogP contribution in [0, 0.1) is 11.8 Å². The number of Topliss-reactive ketones (excluding diaryl/α,β-unsaturated/α-hetero) is 1. The highest BCUT2D eigenvalue weighted by Crippen LogP contribution is 2.33. The van der Waals surface area contributed by atoms with Gasteiger partial charge in [0.25, 0.3) is 0 Å². The summed E-state index contributed by atoms with van der Waals surface area (Å²) in [4.78, 5) is 22.4. The summed E-state index contributed by atoms with van der Waals surface area (Å²) in [6, 6.07) is 0. The second-order valence-corrected chi connectivity index (χ2v) is 6.13. The molecule has 0 aliphatic heterocycles. The van der Waals surface area contributed by atoms with E-state index in [-0.39, 0.29) is 30.5 Å². The van der Waals surface area contributed by atoms with Crippen LogP contribution in [-0.4, -0.2) is 39.3 Å². The summed E-state index contributed by atoms with van der Waals surface area (Å²) in [7, 11) is 0. The maximum Gasteiger partial charge on any atom is 0.303 e. The van der Waals surface area contributed by atoms with Crippen LogP contribution in [0.3, 0.4) is 0 Å². The Morgan fingerprint density at radius 1 is 1.35 bits per heavy atom. The van der Waals surface area contributed by atoms with Crippen LogP contribution < -0.4 is 0 Å². The van der Waals surface area contributed by atoms with Gasteiger partial charge in [-0.1, -0.05) is 31.2 Å². The van der Waals surface area contributed by atoms with Gasteiger partial charge in [-0.25, -0.2) is 0 Å². The lowest BCUT2D eigenvalue weighted by Gasteiger charge is -2.16. The number of hydrogen-bond acceptors (Lipinski definition) is 4. The summed E-state index contributed by atoms with van der Waals surface area (Å²) in [6.07, 6.45) is 9.49. The van der Waals surface area contributed by atoms with Gasteiger partial charge < -0.3 is 15.3 Å². The zero-order valence-corrected chi connectivity index (χ0v) is 13.7. The minimum absolute atomic E-state index is 0.0730. The number of hydrogen-bond donors (Lipinski definition) is 3. The van der Waals surface area contributed by atoms with Gasteiger partial charge in [-0.3, -0.25) is 9.59 Å². The summed E-state index contributed by atoms with van der Waals surface area (Å²) < 4.78 is 0. The van der Waals surface area contributed by atoms with Crippen molar-refractivity contribution in [2.75, 3.05) is 0 Å². The Morgan fingerprint density at radius 3 is 2.74 bits per heavy atom. The number of allylic oxidation sites excluding steroid dienone is 2. The highest BCUT2D eigenvalue weighted by molar-refractivity contribution is 5.84. The normalized spacial score (nSPS) is 26.4. The zero-order chi connectivity index (χ0) is 17.2. The van der Waals surface area contributed by atoms with Crippen molar-refractivity contribution in [2.45, 2.75) is 64.1 Å². The summed E-state index contributed by atoms with van der Waals surface area (Å²) in [5.74, 6) is -1.23. The number of aliphatic hydroxyl groups excluding tert-OH is 2. The number of carbonyl (C=O) groups is 2. The highest BCUT2D eigenvalue weighted by atomic mass is 16.4. The number of carboxylic acid groups (broad SMARTS) is 1. The van der Waals surface area contributed by atoms with Crippen LogP contribution in [0.4, 0.5) is 0 Å². The van der Waals surface area contributed by atoms with Gasteiger partial charge in [-0.2, -0.15) is 0 Å². The second kappa shape index (κ2) is 10.3. The Kier molecular flexibility index (Phi) is 8.81. The van der Waals surface area contributed by atoms with Gasteiger partial charge >= 0.3 is 5.97 Å². The first-order chi connectivity index (χ1) is 11.0. The van der Waals surface area contributed by atoms with Crippen molar-refractivity contribution >= 4 is 11.8 Å². The highest BCUT2D eigenvalue weighted by Gasteiger charge is 2.39. The third-order valence-electron chi connectivity index (χ3n) is 4.22. The van der Waals surface area contributed by atoms with Gasteiger partial charge in [0.1, 0.15) is 5.78 Å². The standard InChI is InChI=1S/C18H28O5/c1-2-3-4-8-14-15(17(21)12-16(14)20)11-10-13(19)7-5-6-9-18(22)23/h3-4,10-11,13-15,17,19,21H,2,5-9,12H2,1H3,(H,22,23)/b4-3-,11-10+/t13-,14-,15+,17-/m1/s1. The van der Waals surface area contributed by atoms with Crippen LogP contribution >= 0.6 is 0 Å². The van der Waals surface area contributed by atoms with Crippen molar-refractivity contribution in [3.63, 3.8) is 0 Å². The molecule has 1 fully saturated rings. The largest absolute Gasteiger partial charge is 0.481 e. The molecular formula is C18H28O5. The fourth-order valence-electron chi connectivity index (χ4n) is 2.92. The molecule has 1 aliphatic rings. The van der Waals surface area contributed by atoms with E-state index in [0.717, 1.165) is 6.42 Å². The number of carbonyl (C=O) groups excluding carboxylic acids is 1. The molecule has 5 nitrogen and oxygen atoms in total. The molecule has 0 bridgehead atoms. The number of rotatable bonds is 10. The molecule has 0 unspecified atom stereocenters. The van der Waals surface area contributed by atoms with E-state index >= 15 is 0 Å². The number of ketones is 1. The molecule has 3 N–H and O–H groups in total. The van der Waals surface area contributed by atoms with Gasteiger partial charge in [-0.15, -0.1) is 0 Å². The topological polar surface area (TPSA) is 94.8 Å². The van der Waals surface area contributed by atoms with E-state index in [1.54, 1.807) is 12.2 Å². The molecule has 0 heterocycles. The second-order valence-electron chi connectivity index (χ2n) is 6.13. The molecule has 5 heteroatoms. The van der Waals surface area contributed by atoms with Gasteiger partial charge in [0.15, 0.2) is 0 Å². The molecule has 1 rings (SSSR count). The van der Waals surface area contributed by atoms with Crippen LogP contribution in [0.25, 0.3) is 0 Å². The predicted molar refractivity (Wildman–Crippen MR) is 87.9 cm³/mol. The first-order valence-corrected chi connectivity index (χ1v) is 8.39. The Hall–Kier alpha value is -1.46. The average Bonchev–Trinajstić information content (AvgIpc) is 2.75. The Bertz CT molecular complexity index is 441. The van der Waals surface area contributed by atoms with Crippen LogP contribution in [0.5, 0.6) is 0 Å². The fourth-order valence-corrected chi connectivity index (χ4v) is 2.92. The van der Waals surface area contributed by atoms with E-state index in [2.05, 4.69) is 0 Å². The van der Waals surface area contributed by atoms with Crippen molar-refractivity contribution in [1.29, 1.82) is 0 Å². The summed E-state index contributed by atoms with van der Waals surface area (Å²) in [5, 5.41) is 28.5. The van der Waals surface area contributed by atoms with Gasteiger partial charge in [0.05, 0.1) is 12.2 Å². The molecule has 0 radical (unpaired) electrons. The first-order valence-electron chi connectivity index (χ1n) is 8.39. The van der Waals surface area contributed by atoms with Crippen molar-refractivity contribution in [3.8, 4) is 0 Å². The summed E-state index contributed by atoms with van der Waals surface area (Å²) in [6.45, 7) is 2.03. The van der Waals surface area contributed by atoms with Crippen molar-refractivity contribution in [1.82, 2.24) is 0 Å². The number of aliphatic hydroxyl groups is 2. The SMILES string of the molecule is CC/C=C\C[C@H]1C(=O)C[C@@H](O)[C@H]1/C=C/[C@H](O)CCCCC(=O)O. The lowest BCUT2D eigenvalue weighted by molar-refractivity contribution is -0.137. The Morgan fingerprint density at radius 2 is 2.09 bits per heavy atom. The van der Waals surface area contributed by atoms with E-state index in [4.69, 9.17) is 5.11 Å². The molecule has 0 spiro atoms. The fraction of sp³-hybridized carbons (Fsp3) is 0.667. The maximum absolute atomic E-state index is 12.0. The Balaban J connectivity index is 2.48. The minimum Gasteiger partial charge on any atom is -0.481 e. The van der Waals surface area contributed by atoms with Crippen molar-refractivity contribution in [3.05, 3.63) is 24.3 Å². The van der Waals surface area contributed by atoms with E-state index in [0.29, 0.717) is 25.7 Å². The quantitative estimate of drug-likeness (QED) is 0.424. The molecule has 4 atom stereocenters. The molecule has 1 saturated carbocycles. The average molecular weight is 324 g/mol. The van der Waals surface area contributed by atoms with E-state index in [1.807, 2.05) is 19.1 Å². The van der Waals surface area contributed by atoms with Crippen LogP contribution in [0.1, 0.15) is 51.9 Å². The lowest BCUT2D eigenvalue weighted by atomic mass is 9.90. The smallest absolute Gasteiger partial charge is 0.303 e. The van der Waals surface area contributed by atoms with E-state index < -0.39 is 18.2 Å². The Labute approximate surface area is 137 Å². The molecular weight excluding hydrogens is 296 g/mol. The molecule has 130 valence electrons. The third-order valence-corrected chi connectivity index (χ3v) is 4.22. The maximum atomic E-state index is 12.0. The van der Waals surface area contributed by atoms with Gasteiger partial charge in [0, 0.05) is 24.7 Å². The summed E-state index contributed by atoms with van der Waals surface area (Å²) >= 11 is 0. The first kappa shape index (κ1) is 19.6. The van der Waals surface area contributed by atoms with Crippen LogP contribution in [-0.2, 0) is 9.59 Å². The third kappa shape index (κ3) is 7.10. The molecule has 1 aliphatic carbocycles. The molecule has 0 aromatic rings. The molecule has 23 heavy (non-hydrogen) atoms. The van der Waals surface area contributed by atoms with E-state index in [1.165, 1.54) is 0 Å². The van der Waals surface area contributed by atoms with Gasteiger partial charge in [0.2, 0.25) is 0 Å². The van der Waals surface area contributed by atoms with Crippen LogP contribution in [0.2, 0.25) is 0 Å². The van der Waals surface area contributed by atoms with Crippen LogP contribution in [0.15, 0.2) is 24.3 Å². The number of carboxylic acids is 1. The zero-order valence-electron chi connectivity index (χ0n) is 13.7. The minimum atomic E-state index is -0.828. The molecule has 0 amide bonds. The number of aliphatic carboxylic acids is 1. The summed E-state index contributed by atoms with van der Waals surface area (Å²) in [5.41, 5.74) is 0. The van der Waals surface area contributed by atoms with Gasteiger partial charge in [-0.05, 0) is 32.1 Å². The molecule has 0 aromatic heterocycles. The molecule has 0 saturated heterocycles. The monoisotopic (exact) mass is 324 g/mol. The van der Waals surface area contributed by atoms with Crippen molar-refractivity contribution < 1.29 is 24.9 Å². The lowest BCUT2D eigenvalue weighted by Crippen LogP contribution is -2.18. The number of unbranched alkanes of at least 4 members (excludes halogenated alkanes) is 1. The molecule has 0 aromatic carbocycles. The van der Waals surface area contributed by atoms with Crippen molar-refractivity contribution in [2.24, 2.45) is 11.8 Å².